The van der Waals surface area contributed by atoms with Crippen molar-refractivity contribution < 1.29 is 8.39 Å². The maximum Gasteiger partial charge on any atom is 0.0315 e. The van der Waals surface area contributed by atoms with Crippen molar-refractivity contribution in [1.82, 2.24) is 0 Å². The van der Waals surface area contributed by atoms with Crippen LogP contribution in [0.25, 0.3) is 0 Å². The van der Waals surface area contributed by atoms with Gasteiger partial charge in [0, 0.05) is 6.10 Å². The summed E-state index contributed by atoms with van der Waals surface area (Å²) in [5.74, 6) is 0. The molecule has 0 bridgehead atoms. The second-order valence-corrected chi connectivity index (χ2v) is 8.28. The van der Waals surface area contributed by atoms with Gasteiger partial charge in [-0.1, -0.05) is 9.64 Å². The molecular formula is C3H7O2S4-. The van der Waals surface area contributed by atoms with E-state index in [9.17, 15) is 4.21 Å². The second-order valence-electron chi connectivity index (χ2n) is 1.55. The lowest BCUT2D eigenvalue weighted by Gasteiger charge is -2.07. The second kappa shape index (κ2) is 4.56. The van der Waals surface area contributed by atoms with E-state index in [1.807, 2.05) is 0 Å². The summed E-state index contributed by atoms with van der Waals surface area (Å²) in [5, 5.41) is 0. The maximum absolute atomic E-state index is 10.6. The molecular weight excluding hydrogens is 196 g/mol. The summed E-state index contributed by atoms with van der Waals surface area (Å²) in [4.78, 5) is 0. The van der Waals surface area contributed by atoms with E-state index < -0.39 is 16.2 Å². The molecule has 0 aliphatic rings. The van der Waals surface area contributed by atoms with Crippen LogP contribution >= 0.6 is 0 Å². The van der Waals surface area contributed by atoms with Crippen LogP contribution in [0.2, 0.25) is 0 Å². The summed E-state index contributed by atoms with van der Waals surface area (Å²) in [7, 11) is -1.44. The van der Waals surface area contributed by atoms with Crippen LogP contribution in [-0.2, 0) is 47.0 Å². The van der Waals surface area contributed by atoms with Gasteiger partial charge in [-0.2, -0.15) is 0 Å². The highest BCUT2D eigenvalue weighted by Crippen LogP contribution is 1.86. The quantitative estimate of drug-likeness (QED) is 0.619. The summed E-state index contributed by atoms with van der Waals surface area (Å²) in [6.45, 7) is 2.61. The molecule has 0 aromatic heterocycles. The van der Waals surface area contributed by atoms with Crippen LogP contribution in [0.3, 0.4) is 0 Å². The third-order valence-corrected chi connectivity index (χ3v) is 4.05. The number of rotatable bonds is 2. The molecule has 9 heavy (non-hydrogen) atoms. The minimum Gasteiger partial charge on any atom is -0.441 e. The van der Waals surface area contributed by atoms with Gasteiger partial charge in [-0.25, -0.2) is 0 Å². The molecule has 6 heteroatoms. The Labute approximate surface area is 66.9 Å². The van der Waals surface area contributed by atoms with Gasteiger partial charge >= 0.3 is 0 Å². The van der Waals surface area contributed by atoms with Crippen molar-refractivity contribution in [2.75, 3.05) is 0 Å². The Morgan fingerprint density at radius 3 is 2.11 bits per heavy atom. The van der Waals surface area contributed by atoms with E-state index in [4.69, 9.17) is 4.18 Å². The Morgan fingerprint density at radius 2 is 2.00 bits per heavy atom. The highest BCUT2D eigenvalue weighted by molar-refractivity contribution is 8.63. The summed E-state index contributed by atoms with van der Waals surface area (Å²) < 4.78 is 15.4. The third kappa shape index (κ3) is 5.23. The average molecular weight is 203 g/mol. The predicted molar refractivity (Wildman–Crippen MR) is 46.4 cm³/mol. The smallest absolute Gasteiger partial charge is 0.0315 e. The Kier molecular flexibility index (Phi) is 4.96. The minimum atomic E-state index is -1.44. The van der Waals surface area contributed by atoms with Gasteiger partial charge in [0.2, 0.25) is 0 Å². The fourth-order valence-electron chi connectivity index (χ4n) is 0.189. The number of hydrogen-bond acceptors (Lipinski definition) is 5. The van der Waals surface area contributed by atoms with Crippen LogP contribution < -0.4 is 0 Å². The van der Waals surface area contributed by atoms with Gasteiger partial charge in [-0.05, 0) is 36.2 Å². The van der Waals surface area contributed by atoms with Crippen molar-refractivity contribution in [3.63, 3.8) is 0 Å². The van der Waals surface area contributed by atoms with Crippen LogP contribution in [0.5, 0.6) is 0 Å². The Balaban J connectivity index is 4.30. The molecule has 0 aliphatic heterocycles. The van der Waals surface area contributed by atoms with Gasteiger partial charge in [0.15, 0.2) is 0 Å². The standard InChI is InChI=1S/C3H7O2S4/c1-3(2)5-8(4)9(6)7/h3H,1-2H3/q-1. The Bertz CT molecular complexity index is 235. The summed E-state index contributed by atoms with van der Waals surface area (Å²) in [5.41, 5.74) is 0. The van der Waals surface area contributed by atoms with Crippen LogP contribution in [0.15, 0.2) is 0 Å². The molecule has 0 aromatic rings. The van der Waals surface area contributed by atoms with E-state index in [0.29, 0.717) is 0 Å². The van der Waals surface area contributed by atoms with E-state index in [1.54, 1.807) is 13.8 Å². The molecule has 0 aromatic carbocycles. The molecule has 0 radical (unpaired) electrons. The van der Waals surface area contributed by atoms with Crippen molar-refractivity contribution in [2.24, 2.45) is 0 Å². The van der Waals surface area contributed by atoms with Crippen molar-refractivity contribution in [2.45, 2.75) is 20.0 Å². The maximum atomic E-state index is 10.6. The first-order valence-corrected chi connectivity index (χ1v) is 6.89. The number of hydrogen-bond donors (Lipinski definition) is 0. The van der Waals surface area contributed by atoms with Crippen molar-refractivity contribution in [3.05, 3.63) is 0 Å². The van der Waals surface area contributed by atoms with E-state index >= 15 is 0 Å². The predicted octanol–water partition coefficient (Wildman–Crippen LogP) is 0.747. The Hall–Kier alpha value is 0.770. The highest BCUT2D eigenvalue weighted by atomic mass is 33.3. The van der Waals surface area contributed by atoms with Gasteiger partial charge in [0.25, 0.3) is 0 Å². The lowest BCUT2D eigenvalue weighted by atomic mass is 10.5. The first kappa shape index (κ1) is 9.77. The lowest BCUT2D eigenvalue weighted by Crippen LogP contribution is -1.98. The fraction of sp³-hybridized carbons (Fsp3) is 1.00. The van der Waals surface area contributed by atoms with Gasteiger partial charge in [-0.15, -0.1) is 6.57 Å². The molecule has 0 aliphatic carbocycles. The van der Waals surface area contributed by atoms with Crippen LogP contribution in [0.1, 0.15) is 13.8 Å². The molecule has 0 N–H and O–H groups in total. The molecule has 0 saturated carbocycles. The summed E-state index contributed by atoms with van der Waals surface area (Å²) in [6, 6.07) is 0. The molecule has 0 fully saturated rings. The van der Waals surface area contributed by atoms with Gasteiger partial charge < -0.3 is 8.39 Å². The zero-order valence-electron chi connectivity index (χ0n) is 5.03. The molecule has 0 amide bonds. The topological polar surface area (TPSA) is 26.3 Å². The van der Waals surface area contributed by atoms with Crippen molar-refractivity contribution >= 4 is 38.6 Å². The van der Waals surface area contributed by atoms with E-state index in [-0.39, 0.29) is 6.10 Å². The monoisotopic (exact) mass is 203 g/mol. The van der Waals surface area contributed by atoms with Crippen LogP contribution in [0, 0.1) is 0 Å². The van der Waals surface area contributed by atoms with E-state index in [0.717, 1.165) is 0 Å². The molecule has 2 nitrogen and oxygen atoms in total. The van der Waals surface area contributed by atoms with Crippen LogP contribution in [0.4, 0.5) is 0 Å². The highest BCUT2D eigenvalue weighted by Gasteiger charge is 1.80. The van der Waals surface area contributed by atoms with Crippen LogP contribution in [-0.4, -0.2) is 6.10 Å². The molecule has 0 atom stereocenters. The first-order valence-electron chi connectivity index (χ1n) is 2.22. The third-order valence-electron chi connectivity index (χ3n) is 0.382. The molecule has 0 rings (SSSR count). The normalized spacial score (nSPS) is 10.7. The molecule has 0 spiro atoms. The van der Waals surface area contributed by atoms with Crippen molar-refractivity contribution in [3.8, 4) is 0 Å². The zero-order chi connectivity index (χ0) is 7.44. The molecule has 56 valence electrons. The van der Waals surface area contributed by atoms with E-state index in [1.165, 1.54) is 0 Å². The minimum absolute atomic E-state index is 0.0632. The van der Waals surface area contributed by atoms with E-state index in [2.05, 4.69) is 22.4 Å². The first-order chi connectivity index (χ1) is 4.04. The molecule has 0 saturated heterocycles. The zero-order valence-corrected chi connectivity index (χ0v) is 8.29. The molecule has 0 unspecified atom stereocenters. The average Bonchev–Trinajstić information content (AvgIpc) is 1.63. The SMILES string of the molecule is CC(C)O[S-](=O)=S(=S)=S. The van der Waals surface area contributed by atoms with Crippen molar-refractivity contribution in [1.29, 1.82) is 0 Å². The largest absolute Gasteiger partial charge is 0.441 e. The van der Waals surface area contributed by atoms with Gasteiger partial charge in [0.1, 0.15) is 0 Å². The summed E-state index contributed by atoms with van der Waals surface area (Å²) in [6.07, 6.45) is -0.0632. The summed E-state index contributed by atoms with van der Waals surface area (Å²) >= 11 is 9.07. The Morgan fingerprint density at radius 1 is 1.56 bits per heavy atom. The lowest BCUT2D eigenvalue weighted by molar-refractivity contribution is 0.274. The van der Waals surface area contributed by atoms with Gasteiger partial charge in [-0.3, -0.25) is 0 Å². The van der Waals surface area contributed by atoms with Gasteiger partial charge in [0.05, 0.1) is 0 Å². The molecule has 0 heterocycles. The fourth-order valence-corrected chi connectivity index (χ4v) is 1.81.